The minimum Gasteiger partial charge on any atom is -0.379 e. The number of benzene rings is 1. The zero-order valence-corrected chi connectivity index (χ0v) is 13.5. The molecule has 2 unspecified atom stereocenters. The van der Waals surface area contributed by atoms with Crippen molar-refractivity contribution < 1.29 is 4.74 Å². The van der Waals surface area contributed by atoms with Gasteiger partial charge in [-0.15, -0.1) is 0 Å². The zero-order valence-electron chi connectivity index (χ0n) is 11.9. The summed E-state index contributed by atoms with van der Waals surface area (Å²) >= 11 is 3.52. The van der Waals surface area contributed by atoms with Gasteiger partial charge in [0.2, 0.25) is 0 Å². The standard InChI is InChI=1S/C15H20BrN3O/c1-3-17-13-9-20-8-11(13)15-18-12-7-10(16)5-6-14(12)19(15)4-2/h5-7,11,13,17H,3-4,8-9H2,1-2H3. The molecule has 2 heterocycles. The number of fused-ring (bicyclic) bond motifs is 1. The highest BCUT2D eigenvalue weighted by Crippen LogP contribution is 2.29. The van der Waals surface area contributed by atoms with Crippen molar-refractivity contribution in [3.05, 3.63) is 28.5 Å². The first kappa shape index (κ1) is 14.0. The van der Waals surface area contributed by atoms with E-state index in [-0.39, 0.29) is 0 Å². The van der Waals surface area contributed by atoms with Crippen LogP contribution in [-0.2, 0) is 11.3 Å². The largest absolute Gasteiger partial charge is 0.379 e. The molecule has 1 aromatic carbocycles. The lowest BCUT2D eigenvalue weighted by atomic mass is 10.0. The summed E-state index contributed by atoms with van der Waals surface area (Å²) in [6.45, 7) is 7.72. The van der Waals surface area contributed by atoms with Crippen LogP contribution in [0.5, 0.6) is 0 Å². The fourth-order valence-corrected chi connectivity index (χ4v) is 3.36. The van der Waals surface area contributed by atoms with Crippen molar-refractivity contribution >= 4 is 27.0 Å². The molecule has 0 bridgehead atoms. The van der Waals surface area contributed by atoms with Crippen molar-refractivity contribution in [1.82, 2.24) is 14.9 Å². The molecule has 0 radical (unpaired) electrons. The average molecular weight is 338 g/mol. The first-order valence-electron chi connectivity index (χ1n) is 7.21. The van der Waals surface area contributed by atoms with E-state index in [0.29, 0.717) is 12.0 Å². The molecule has 1 aliphatic heterocycles. The molecule has 108 valence electrons. The summed E-state index contributed by atoms with van der Waals surface area (Å²) in [7, 11) is 0. The molecular formula is C15H20BrN3O. The first-order valence-corrected chi connectivity index (χ1v) is 8.00. The minimum absolute atomic E-state index is 0.334. The molecular weight excluding hydrogens is 318 g/mol. The fourth-order valence-electron chi connectivity index (χ4n) is 3.01. The topological polar surface area (TPSA) is 39.1 Å². The van der Waals surface area contributed by atoms with E-state index in [1.54, 1.807) is 0 Å². The van der Waals surface area contributed by atoms with Crippen LogP contribution in [0.2, 0.25) is 0 Å². The number of hydrogen-bond donors (Lipinski definition) is 1. The smallest absolute Gasteiger partial charge is 0.116 e. The predicted octanol–water partition coefficient (Wildman–Crippen LogP) is 2.91. The highest BCUT2D eigenvalue weighted by Gasteiger charge is 2.32. The van der Waals surface area contributed by atoms with E-state index in [4.69, 9.17) is 9.72 Å². The molecule has 1 saturated heterocycles. The second kappa shape index (κ2) is 5.84. The number of rotatable bonds is 4. The van der Waals surface area contributed by atoms with Crippen molar-refractivity contribution in [2.45, 2.75) is 32.4 Å². The van der Waals surface area contributed by atoms with Crippen LogP contribution in [0, 0.1) is 0 Å². The van der Waals surface area contributed by atoms with Gasteiger partial charge in [-0.05, 0) is 31.7 Å². The summed E-state index contributed by atoms with van der Waals surface area (Å²) in [6.07, 6.45) is 0. The monoisotopic (exact) mass is 337 g/mol. The number of aryl methyl sites for hydroxylation is 1. The number of imidazole rings is 1. The number of likely N-dealkylation sites (N-methyl/N-ethyl adjacent to an activating group) is 1. The van der Waals surface area contributed by atoms with Crippen molar-refractivity contribution in [3.8, 4) is 0 Å². The molecule has 0 spiro atoms. The molecule has 3 rings (SSSR count). The van der Waals surface area contributed by atoms with Gasteiger partial charge in [0.05, 0.1) is 30.2 Å². The molecule has 2 atom stereocenters. The molecule has 20 heavy (non-hydrogen) atoms. The summed E-state index contributed by atoms with van der Waals surface area (Å²) in [5.41, 5.74) is 2.26. The quantitative estimate of drug-likeness (QED) is 0.932. The Morgan fingerprint density at radius 3 is 3.00 bits per heavy atom. The normalized spacial score (nSPS) is 22.8. The number of ether oxygens (including phenoxy) is 1. The van der Waals surface area contributed by atoms with Crippen molar-refractivity contribution in [3.63, 3.8) is 0 Å². The van der Waals surface area contributed by atoms with E-state index in [9.17, 15) is 0 Å². The van der Waals surface area contributed by atoms with E-state index in [2.05, 4.69) is 57.9 Å². The summed E-state index contributed by atoms with van der Waals surface area (Å²) < 4.78 is 9.05. The van der Waals surface area contributed by atoms with E-state index in [1.807, 2.05) is 0 Å². The van der Waals surface area contributed by atoms with Gasteiger partial charge in [0.15, 0.2) is 0 Å². The van der Waals surface area contributed by atoms with Crippen molar-refractivity contribution in [2.24, 2.45) is 0 Å². The van der Waals surface area contributed by atoms with Crippen LogP contribution in [0.15, 0.2) is 22.7 Å². The van der Waals surface area contributed by atoms with Gasteiger partial charge >= 0.3 is 0 Å². The van der Waals surface area contributed by atoms with E-state index in [1.165, 1.54) is 5.52 Å². The van der Waals surface area contributed by atoms with Crippen LogP contribution in [0.1, 0.15) is 25.6 Å². The van der Waals surface area contributed by atoms with E-state index < -0.39 is 0 Å². The van der Waals surface area contributed by atoms with Crippen molar-refractivity contribution in [2.75, 3.05) is 19.8 Å². The predicted molar refractivity (Wildman–Crippen MR) is 84.1 cm³/mol. The van der Waals surface area contributed by atoms with E-state index >= 15 is 0 Å². The van der Waals surface area contributed by atoms with Crippen LogP contribution in [0.3, 0.4) is 0 Å². The number of nitrogens with one attached hydrogen (secondary N) is 1. The van der Waals surface area contributed by atoms with Gasteiger partial charge in [0.1, 0.15) is 5.82 Å². The van der Waals surface area contributed by atoms with Crippen LogP contribution in [-0.4, -0.2) is 35.4 Å². The van der Waals surface area contributed by atoms with Gasteiger partial charge < -0.3 is 14.6 Å². The molecule has 0 saturated carbocycles. The summed E-state index contributed by atoms with van der Waals surface area (Å²) in [5, 5.41) is 3.51. The SMILES string of the molecule is CCNC1COCC1c1nc2cc(Br)ccc2n1CC. The maximum Gasteiger partial charge on any atom is 0.116 e. The Kier molecular flexibility index (Phi) is 4.10. The zero-order chi connectivity index (χ0) is 14.1. The third-order valence-corrected chi connectivity index (χ3v) is 4.43. The highest BCUT2D eigenvalue weighted by atomic mass is 79.9. The Balaban J connectivity index is 2.06. The minimum atomic E-state index is 0.334. The average Bonchev–Trinajstić information content (AvgIpc) is 3.01. The molecule has 0 amide bonds. The van der Waals surface area contributed by atoms with Gasteiger partial charge in [-0.3, -0.25) is 0 Å². The van der Waals surface area contributed by atoms with Crippen LogP contribution in [0.4, 0.5) is 0 Å². The molecule has 4 nitrogen and oxygen atoms in total. The summed E-state index contributed by atoms with van der Waals surface area (Å²) in [5.74, 6) is 1.48. The van der Waals surface area contributed by atoms with Crippen LogP contribution >= 0.6 is 15.9 Å². The molecule has 5 heteroatoms. The Bertz CT molecular complexity index is 610. The van der Waals surface area contributed by atoms with Crippen LogP contribution in [0.25, 0.3) is 11.0 Å². The van der Waals surface area contributed by atoms with Gasteiger partial charge in [-0.2, -0.15) is 0 Å². The molecule has 2 aromatic rings. The molecule has 1 N–H and O–H groups in total. The Morgan fingerprint density at radius 2 is 2.25 bits per heavy atom. The van der Waals surface area contributed by atoms with Gasteiger partial charge in [0.25, 0.3) is 0 Å². The lowest BCUT2D eigenvalue weighted by Gasteiger charge is -2.18. The van der Waals surface area contributed by atoms with Crippen LogP contribution < -0.4 is 5.32 Å². The summed E-state index contributed by atoms with van der Waals surface area (Å²) in [6, 6.07) is 6.67. The number of aromatic nitrogens is 2. The second-order valence-corrected chi connectivity index (χ2v) is 6.07. The van der Waals surface area contributed by atoms with Gasteiger partial charge in [0, 0.05) is 17.1 Å². The fraction of sp³-hybridized carbons (Fsp3) is 0.533. The number of hydrogen-bond acceptors (Lipinski definition) is 3. The maximum atomic E-state index is 5.67. The third-order valence-electron chi connectivity index (χ3n) is 3.93. The molecule has 1 aromatic heterocycles. The first-order chi connectivity index (χ1) is 9.74. The van der Waals surface area contributed by atoms with Gasteiger partial charge in [-0.1, -0.05) is 22.9 Å². The molecule has 1 aliphatic rings. The maximum absolute atomic E-state index is 5.67. The van der Waals surface area contributed by atoms with E-state index in [0.717, 1.165) is 42.1 Å². The Hall–Kier alpha value is -0.910. The highest BCUT2D eigenvalue weighted by molar-refractivity contribution is 9.10. The molecule has 1 fully saturated rings. The Morgan fingerprint density at radius 1 is 1.40 bits per heavy atom. The number of nitrogens with zero attached hydrogens (tertiary/aromatic N) is 2. The lowest BCUT2D eigenvalue weighted by Crippen LogP contribution is -2.35. The second-order valence-electron chi connectivity index (χ2n) is 5.16. The summed E-state index contributed by atoms with van der Waals surface area (Å²) in [4.78, 5) is 4.87. The van der Waals surface area contributed by atoms with Crippen molar-refractivity contribution in [1.29, 1.82) is 0 Å². The van der Waals surface area contributed by atoms with Gasteiger partial charge in [-0.25, -0.2) is 4.98 Å². The third kappa shape index (κ3) is 2.38. The lowest BCUT2D eigenvalue weighted by molar-refractivity contribution is 0.187. The molecule has 0 aliphatic carbocycles. The number of halogens is 1. The Labute approximate surface area is 127 Å².